The van der Waals surface area contributed by atoms with E-state index >= 15 is 0 Å². The highest BCUT2D eigenvalue weighted by Crippen LogP contribution is 2.41. The first-order chi connectivity index (χ1) is 15.7. The van der Waals surface area contributed by atoms with Crippen LogP contribution in [0.5, 0.6) is 23.0 Å². The van der Waals surface area contributed by atoms with Crippen molar-refractivity contribution < 1.29 is 28.5 Å². The van der Waals surface area contributed by atoms with Crippen LogP contribution < -0.4 is 23.8 Å². The van der Waals surface area contributed by atoms with Gasteiger partial charge in [-0.05, 0) is 43.2 Å². The lowest BCUT2D eigenvalue weighted by molar-refractivity contribution is 0.0916. The summed E-state index contributed by atoms with van der Waals surface area (Å²) in [6.45, 7) is 2.08. The van der Waals surface area contributed by atoms with E-state index in [4.69, 9.17) is 28.7 Å². The van der Waals surface area contributed by atoms with E-state index in [9.17, 15) is 4.79 Å². The zero-order chi connectivity index (χ0) is 22.1. The van der Waals surface area contributed by atoms with Gasteiger partial charge in [0.15, 0.2) is 16.6 Å². The van der Waals surface area contributed by atoms with Gasteiger partial charge in [-0.3, -0.25) is 9.69 Å². The highest BCUT2D eigenvalue weighted by atomic mass is 32.1. The molecular formula is C23H24N2O6S. The van der Waals surface area contributed by atoms with Gasteiger partial charge in [0.25, 0.3) is 5.91 Å². The smallest absolute Gasteiger partial charge is 0.260 e. The molecule has 1 atom stereocenters. The van der Waals surface area contributed by atoms with E-state index in [1.165, 1.54) is 11.3 Å². The van der Waals surface area contributed by atoms with E-state index in [0.717, 1.165) is 17.5 Å². The number of rotatable bonds is 6. The number of nitrogens with zero attached hydrogens (tertiary/aromatic N) is 2. The largest absolute Gasteiger partial charge is 0.495 e. The third kappa shape index (κ3) is 3.82. The number of ether oxygens (including phenoxy) is 5. The second kappa shape index (κ2) is 8.84. The highest BCUT2D eigenvalue weighted by Gasteiger charge is 2.29. The standard InChI is InChI=1S/C23H24N2O6S/c1-27-17-7-8-18(28-2)21-20(17)24-23(32-21)25(13-15-4-3-9-29-15)22(26)14-5-6-16-19(12-14)31-11-10-30-16/h5-8,12,15H,3-4,9-11,13H2,1-2H3. The molecule has 1 unspecified atom stereocenters. The van der Waals surface area contributed by atoms with Gasteiger partial charge in [0, 0.05) is 12.2 Å². The molecule has 1 fully saturated rings. The molecule has 0 spiro atoms. The Morgan fingerprint density at radius 3 is 2.62 bits per heavy atom. The molecule has 0 radical (unpaired) electrons. The van der Waals surface area contributed by atoms with E-state index < -0.39 is 0 Å². The summed E-state index contributed by atoms with van der Waals surface area (Å²) in [5.41, 5.74) is 1.17. The molecule has 0 saturated carbocycles. The minimum Gasteiger partial charge on any atom is -0.495 e. The van der Waals surface area contributed by atoms with E-state index in [1.807, 2.05) is 12.1 Å². The molecule has 0 aliphatic carbocycles. The first-order valence-corrected chi connectivity index (χ1v) is 11.3. The van der Waals surface area contributed by atoms with Crippen LogP contribution >= 0.6 is 11.3 Å². The Bertz CT molecular complexity index is 1100. The lowest BCUT2D eigenvalue weighted by atomic mass is 10.1. The van der Waals surface area contributed by atoms with Crippen molar-refractivity contribution in [2.75, 3.05) is 45.5 Å². The SMILES string of the molecule is COc1ccc(OC)c2sc(N(CC3CCCO3)C(=O)c3ccc4c(c3)OCCO4)nc12. The maximum absolute atomic E-state index is 13.7. The average molecular weight is 457 g/mol. The van der Waals surface area contributed by atoms with Crippen molar-refractivity contribution in [3.8, 4) is 23.0 Å². The Hall–Kier alpha value is -3.04. The number of methoxy groups -OCH3 is 2. The number of aromatic nitrogens is 1. The van der Waals surface area contributed by atoms with Gasteiger partial charge in [0.1, 0.15) is 34.9 Å². The molecule has 3 aromatic rings. The molecule has 0 N–H and O–H groups in total. The number of carbonyl (C=O) groups is 1. The van der Waals surface area contributed by atoms with Gasteiger partial charge in [-0.25, -0.2) is 4.98 Å². The Labute approximate surface area is 189 Å². The zero-order valence-electron chi connectivity index (χ0n) is 18.0. The number of hydrogen-bond donors (Lipinski definition) is 0. The first kappa shape index (κ1) is 20.8. The molecular weight excluding hydrogens is 432 g/mol. The molecule has 2 aliphatic rings. The predicted molar refractivity (Wildman–Crippen MR) is 121 cm³/mol. The van der Waals surface area contributed by atoms with Crippen molar-refractivity contribution in [3.63, 3.8) is 0 Å². The van der Waals surface area contributed by atoms with Crippen LogP contribution in [0.1, 0.15) is 23.2 Å². The molecule has 8 nitrogen and oxygen atoms in total. The Kier molecular flexibility index (Phi) is 5.75. The number of thiazole rings is 1. The van der Waals surface area contributed by atoms with Crippen molar-refractivity contribution in [2.24, 2.45) is 0 Å². The number of amides is 1. The Balaban J connectivity index is 1.56. The summed E-state index contributed by atoms with van der Waals surface area (Å²) in [7, 11) is 3.22. The van der Waals surface area contributed by atoms with E-state index in [1.54, 1.807) is 37.3 Å². The fourth-order valence-electron chi connectivity index (χ4n) is 3.96. The first-order valence-electron chi connectivity index (χ1n) is 10.5. The zero-order valence-corrected chi connectivity index (χ0v) is 18.8. The van der Waals surface area contributed by atoms with E-state index in [2.05, 4.69) is 0 Å². The van der Waals surface area contributed by atoms with Gasteiger partial charge >= 0.3 is 0 Å². The maximum atomic E-state index is 13.7. The van der Waals surface area contributed by atoms with E-state index in [0.29, 0.717) is 65.6 Å². The van der Waals surface area contributed by atoms with Crippen LogP contribution in [0.3, 0.4) is 0 Å². The molecule has 1 saturated heterocycles. The van der Waals surface area contributed by atoms with Crippen LogP contribution in [-0.4, -0.2) is 57.6 Å². The van der Waals surface area contributed by atoms with Gasteiger partial charge in [-0.1, -0.05) is 11.3 Å². The number of fused-ring (bicyclic) bond motifs is 2. The molecule has 2 aromatic carbocycles. The lowest BCUT2D eigenvalue weighted by Gasteiger charge is -2.24. The van der Waals surface area contributed by atoms with Gasteiger partial charge in [0.2, 0.25) is 0 Å². The minimum absolute atomic E-state index is 0.0352. The molecule has 0 bridgehead atoms. The van der Waals surface area contributed by atoms with E-state index in [-0.39, 0.29) is 12.0 Å². The fraction of sp³-hybridized carbons (Fsp3) is 0.391. The van der Waals surface area contributed by atoms with Crippen molar-refractivity contribution in [3.05, 3.63) is 35.9 Å². The second-order valence-corrected chi connectivity index (χ2v) is 8.53. The monoisotopic (exact) mass is 456 g/mol. The van der Waals surface area contributed by atoms with Crippen molar-refractivity contribution >= 4 is 32.6 Å². The summed E-state index contributed by atoms with van der Waals surface area (Å²) in [6, 6.07) is 8.92. The number of benzene rings is 2. The summed E-state index contributed by atoms with van der Waals surface area (Å²) in [4.78, 5) is 20.1. The number of anilines is 1. The topological polar surface area (TPSA) is 79.4 Å². The van der Waals surface area contributed by atoms with Gasteiger partial charge < -0.3 is 23.7 Å². The third-order valence-electron chi connectivity index (χ3n) is 5.57. The summed E-state index contributed by atoms with van der Waals surface area (Å²) in [5.74, 6) is 2.37. The predicted octanol–water partition coefficient (Wildman–Crippen LogP) is 3.91. The quantitative estimate of drug-likeness (QED) is 0.556. The summed E-state index contributed by atoms with van der Waals surface area (Å²) in [6.07, 6.45) is 1.85. The molecule has 1 aromatic heterocycles. The molecule has 168 valence electrons. The third-order valence-corrected chi connectivity index (χ3v) is 6.67. The van der Waals surface area contributed by atoms with Crippen LogP contribution in [-0.2, 0) is 4.74 Å². The molecule has 3 heterocycles. The highest BCUT2D eigenvalue weighted by molar-refractivity contribution is 7.22. The van der Waals surface area contributed by atoms with Crippen LogP contribution in [0.15, 0.2) is 30.3 Å². The van der Waals surface area contributed by atoms with Gasteiger partial charge in [0.05, 0.1) is 26.9 Å². The second-order valence-electron chi connectivity index (χ2n) is 7.55. The van der Waals surface area contributed by atoms with Gasteiger partial charge in [-0.15, -0.1) is 0 Å². The molecule has 5 rings (SSSR count). The van der Waals surface area contributed by atoms with Crippen LogP contribution in [0.2, 0.25) is 0 Å². The molecule has 2 aliphatic heterocycles. The Morgan fingerprint density at radius 2 is 1.88 bits per heavy atom. The molecule has 9 heteroatoms. The summed E-state index contributed by atoms with van der Waals surface area (Å²) >= 11 is 1.40. The fourth-order valence-corrected chi connectivity index (χ4v) is 5.04. The maximum Gasteiger partial charge on any atom is 0.260 e. The Morgan fingerprint density at radius 1 is 1.09 bits per heavy atom. The minimum atomic E-state index is -0.172. The normalized spacial score (nSPS) is 17.4. The van der Waals surface area contributed by atoms with Gasteiger partial charge in [-0.2, -0.15) is 0 Å². The van der Waals surface area contributed by atoms with Crippen molar-refractivity contribution in [1.29, 1.82) is 0 Å². The molecule has 32 heavy (non-hydrogen) atoms. The van der Waals surface area contributed by atoms with Crippen molar-refractivity contribution in [1.82, 2.24) is 4.98 Å². The number of carbonyl (C=O) groups excluding carboxylic acids is 1. The van der Waals surface area contributed by atoms with Crippen LogP contribution in [0, 0.1) is 0 Å². The van der Waals surface area contributed by atoms with Crippen LogP contribution in [0.4, 0.5) is 5.13 Å². The molecule has 1 amide bonds. The summed E-state index contributed by atoms with van der Waals surface area (Å²) in [5, 5.41) is 0.568. The number of hydrogen-bond acceptors (Lipinski definition) is 8. The van der Waals surface area contributed by atoms with Crippen LogP contribution in [0.25, 0.3) is 10.2 Å². The summed E-state index contributed by atoms with van der Waals surface area (Å²) < 4.78 is 28.9. The van der Waals surface area contributed by atoms with Crippen molar-refractivity contribution in [2.45, 2.75) is 18.9 Å². The lowest BCUT2D eigenvalue weighted by Crippen LogP contribution is -2.37. The average Bonchev–Trinajstić information content (AvgIpc) is 3.51.